The maximum Gasteiger partial charge on any atom is 0.416 e. The minimum absolute atomic E-state index is 0.0409. The molecule has 31 heavy (non-hydrogen) atoms. The minimum Gasteiger partial charge on any atom is -0.379 e. The molecule has 3 N–H and O–H groups in total. The molecule has 0 radical (unpaired) electrons. The number of carbonyl (C=O) groups excluding carboxylic acids is 1. The lowest BCUT2D eigenvalue weighted by Crippen LogP contribution is -2.52. The van der Waals surface area contributed by atoms with Crippen LogP contribution in [0.5, 0.6) is 0 Å². The van der Waals surface area contributed by atoms with Gasteiger partial charge in [0, 0.05) is 36.4 Å². The molecular weight excluding hydrogens is 422 g/mol. The van der Waals surface area contributed by atoms with Crippen molar-refractivity contribution >= 4 is 11.6 Å². The normalized spacial score (nSPS) is 16.1. The van der Waals surface area contributed by atoms with Gasteiger partial charge in [0.2, 0.25) is 0 Å². The van der Waals surface area contributed by atoms with Gasteiger partial charge in [0.1, 0.15) is 5.82 Å². The van der Waals surface area contributed by atoms with Crippen LogP contribution in [0.15, 0.2) is 42.5 Å². The number of benzene rings is 2. The molecule has 2 aromatic carbocycles. The van der Waals surface area contributed by atoms with Gasteiger partial charge in [-0.2, -0.15) is 13.2 Å². The molecule has 0 spiro atoms. The predicted molar refractivity (Wildman–Crippen MR) is 102 cm³/mol. The molecule has 1 unspecified atom stereocenters. The Hall–Kier alpha value is -2.73. The third kappa shape index (κ3) is 5.50. The number of morpholine rings is 1. The number of ether oxygens (including phenoxy) is 1. The van der Waals surface area contributed by atoms with E-state index in [-0.39, 0.29) is 23.4 Å². The Morgan fingerprint density at radius 2 is 1.90 bits per heavy atom. The van der Waals surface area contributed by atoms with Crippen molar-refractivity contribution in [3.05, 3.63) is 65.0 Å². The second kappa shape index (κ2) is 9.60. The van der Waals surface area contributed by atoms with Gasteiger partial charge in [0.05, 0.1) is 18.8 Å². The number of hydrogen-bond acceptors (Lipinski definition) is 6. The molecule has 1 aliphatic rings. The Kier molecular flexibility index (Phi) is 7.11. The molecule has 0 aromatic heterocycles. The van der Waals surface area contributed by atoms with Crippen molar-refractivity contribution in [3.8, 4) is 0 Å². The lowest BCUT2D eigenvalue weighted by atomic mass is 10.1. The largest absolute Gasteiger partial charge is 0.416 e. The van der Waals surface area contributed by atoms with Crippen molar-refractivity contribution in [3.63, 3.8) is 0 Å². The summed E-state index contributed by atoms with van der Waals surface area (Å²) in [6, 6.07) is 7.82. The summed E-state index contributed by atoms with van der Waals surface area (Å²) in [6.07, 6.45) is -5.93. The van der Waals surface area contributed by atoms with Gasteiger partial charge in [-0.1, -0.05) is 12.1 Å². The molecular formula is C20H21F4N3O4. The van der Waals surface area contributed by atoms with Crippen LogP contribution in [-0.2, 0) is 17.5 Å². The second-order valence-electron chi connectivity index (χ2n) is 6.92. The van der Waals surface area contributed by atoms with Crippen LogP contribution in [0, 0.1) is 5.82 Å². The quantitative estimate of drug-likeness (QED) is 0.276. The SMILES string of the molecule is O=C(NO)c1ccc(CN(c2cccc(C(F)(F)F)c2)C(O)N2CCOCC2)c(F)c1. The third-order valence-corrected chi connectivity index (χ3v) is 4.91. The first kappa shape index (κ1) is 22.9. The molecule has 11 heteroatoms. The minimum atomic E-state index is -4.59. The van der Waals surface area contributed by atoms with E-state index in [0.29, 0.717) is 26.3 Å². The highest BCUT2D eigenvalue weighted by molar-refractivity contribution is 5.93. The molecule has 7 nitrogen and oxygen atoms in total. The van der Waals surface area contributed by atoms with E-state index in [2.05, 4.69) is 0 Å². The van der Waals surface area contributed by atoms with Crippen molar-refractivity contribution in [1.29, 1.82) is 0 Å². The summed E-state index contributed by atoms with van der Waals surface area (Å²) in [6.45, 7) is 1.09. The predicted octanol–water partition coefficient (Wildman–Crippen LogP) is 2.58. The lowest BCUT2D eigenvalue weighted by Gasteiger charge is -2.39. The third-order valence-electron chi connectivity index (χ3n) is 4.91. The lowest BCUT2D eigenvalue weighted by molar-refractivity contribution is -0.137. The average Bonchev–Trinajstić information content (AvgIpc) is 2.77. The Bertz CT molecular complexity index is 920. The van der Waals surface area contributed by atoms with E-state index in [1.54, 1.807) is 4.90 Å². The van der Waals surface area contributed by atoms with Crippen LogP contribution < -0.4 is 10.4 Å². The maximum atomic E-state index is 14.6. The van der Waals surface area contributed by atoms with Gasteiger partial charge < -0.3 is 14.7 Å². The molecule has 3 rings (SSSR count). The molecule has 1 aliphatic heterocycles. The van der Waals surface area contributed by atoms with Crippen LogP contribution in [0.4, 0.5) is 23.2 Å². The number of amides is 1. The van der Waals surface area contributed by atoms with Gasteiger partial charge >= 0.3 is 6.18 Å². The van der Waals surface area contributed by atoms with Crippen LogP contribution >= 0.6 is 0 Å². The zero-order valence-corrected chi connectivity index (χ0v) is 16.3. The highest BCUT2D eigenvalue weighted by Gasteiger charge is 2.32. The number of alkyl halides is 3. The summed E-state index contributed by atoms with van der Waals surface area (Å²) in [5.41, 5.74) is 0.444. The number of aliphatic hydroxyl groups is 1. The average molecular weight is 443 g/mol. The summed E-state index contributed by atoms with van der Waals surface area (Å²) in [7, 11) is 0. The van der Waals surface area contributed by atoms with E-state index >= 15 is 0 Å². The molecule has 0 bridgehead atoms. The van der Waals surface area contributed by atoms with Gasteiger partial charge in [0.15, 0.2) is 6.35 Å². The fraction of sp³-hybridized carbons (Fsp3) is 0.350. The highest BCUT2D eigenvalue weighted by Crippen LogP contribution is 2.33. The molecule has 1 heterocycles. The van der Waals surface area contributed by atoms with E-state index in [0.717, 1.165) is 18.2 Å². The number of hydrogen-bond donors (Lipinski definition) is 3. The molecule has 2 aromatic rings. The smallest absolute Gasteiger partial charge is 0.379 e. The number of nitrogens with one attached hydrogen (secondary N) is 1. The summed E-state index contributed by atoms with van der Waals surface area (Å²) in [5.74, 6) is -1.72. The van der Waals surface area contributed by atoms with Crippen LogP contribution in [-0.4, -0.2) is 53.8 Å². The van der Waals surface area contributed by atoms with E-state index in [9.17, 15) is 27.5 Å². The number of anilines is 1. The fourth-order valence-corrected chi connectivity index (χ4v) is 3.24. The summed E-state index contributed by atoms with van der Waals surface area (Å²) >= 11 is 0. The highest BCUT2D eigenvalue weighted by atomic mass is 19.4. The van der Waals surface area contributed by atoms with Gasteiger partial charge in [-0.15, -0.1) is 0 Å². The number of hydroxylamine groups is 1. The maximum absolute atomic E-state index is 14.6. The molecule has 1 fully saturated rings. The molecule has 0 saturated carbocycles. The molecule has 168 valence electrons. The molecule has 1 atom stereocenters. The van der Waals surface area contributed by atoms with Gasteiger partial charge in [-0.3, -0.25) is 14.9 Å². The monoisotopic (exact) mass is 443 g/mol. The van der Waals surface area contributed by atoms with Gasteiger partial charge in [-0.25, -0.2) is 9.87 Å². The molecule has 1 amide bonds. The van der Waals surface area contributed by atoms with Gasteiger partial charge in [0.25, 0.3) is 5.91 Å². The van der Waals surface area contributed by atoms with E-state index < -0.39 is 29.8 Å². The number of nitrogens with zero attached hydrogens (tertiary/aromatic N) is 2. The van der Waals surface area contributed by atoms with Crippen LogP contribution in [0.25, 0.3) is 0 Å². The Balaban J connectivity index is 1.96. The zero-order chi connectivity index (χ0) is 22.6. The van der Waals surface area contributed by atoms with E-state index in [1.165, 1.54) is 34.6 Å². The topological polar surface area (TPSA) is 85.3 Å². The summed E-state index contributed by atoms with van der Waals surface area (Å²) in [5, 5.41) is 19.6. The standard InChI is InChI=1S/C20H21F4N3O4/c21-17-10-13(18(28)25-30)4-5-14(17)12-27(19(29)26-6-8-31-9-7-26)16-3-1-2-15(11-16)20(22,23)24/h1-5,10-11,19,29-30H,6-9,12H2,(H,25,28). The van der Waals surface area contributed by atoms with Crippen molar-refractivity contribution in [2.24, 2.45) is 0 Å². The van der Waals surface area contributed by atoms with Crippen molar-refractivity contribution in [1.82, 2.24) is 10.4 Å². The second-order valence-corrected chi connectivity index (χ2v) is 6.92. The first-order chi connectivity index (χ1) is 14.7. The number of halogens is 4. The van der Waals surface area contributed by atoms with Crippen molar-refractivity contribution in [2.75, 3.05) is 31.2 Å². The van der Waals surface area contributed by atoms with Crippen molar-refractivity contribution in [2.45, 2.75) is 19.1 Å². The first-order valence-electron chi connectivity index (χ1n) is 9.37. The molecule has 0 aliphatic carbocycles. The number of rotatable bonds is 6. The van der Waals surface area contributed by atoms with E-state index in [1.807, 2.05) is 0 Å². The fourth-order valence-electron chi connectivity index (χ4n) is 3.24. The summed E-state index contributed by atoms with van der Waals surface area (Å²) < 4.78 is 59.5. The van der Waals surface area contributed by atoms with Crippen molar-refractivity contribution < 1.29 is 37.4 Å². The first-order valence-corrected chi connectivity index (χ1v) is 9.37. The molecule has 1 saturated heterocycles. The number of carbonyl (C=O) groups is 1. The Morgan fingerprint density at radius 3 is 2.52 bits per heavy atom. The van der Waals surface area contributed by atoms with E-state index in [4.69, 9.17) is 9.94 Å². The van der Waals surface area contributed by atoms with Gasteiger partial charge in [-0.05, 0) is 30.3 Å². The Morgan fingerprint density at radius 1 is 1.19 bits per heavy atom. The zero-order valence-electron chi connectivity index (χ0n) is 16.3. The van der Waals surface area contributed by atoms with Crippen LogP contribution in [0.3, 0.4) is 0 Å². The Labute approximate surface area is 175 Å². The summed E-state index contributed by atoms with van der Waals surface area (Å²) in [4.78, 5) is 14.3. The van der Waals surface area contributed by atoms with Crippen LogP contribution in [0.1, 0.15) is 21.5 Å². The number of aliphatic hydroxyl groups excluding tert-OH is 1. The van der Waals surface area contributed by atoms with Crippen LogP contribution in [0.2, 0.25) is 0 Å².